The first-order chi connectivity index (χ1) is 15.4. The standard InChI is InChI=1S/C25H27N5O2/c1-4-24(31)27-16(3)21-12-11-20(14-26-21)18-7-5-17(6-8-18)15(2)25(32)28-23-13-22(29-30-23)19-9-10-19/h4-8,11-16,19H,1,9-10H2,2-3H3,(H,27,31)(H2,28,29,30,32)/t15-,16?/m0/s1. The third-order valence-electron chi connectivity index (χ3n) is 5.78. The fourth-order valence-electron chi connectivity index (χ4n) is 3.53. The minimum atomic E-state index is -0.306. The highest BCUT2D eigenvalue weighted by molar-refractivity contribution is 5.95. The second-order valence-corrected chi connectivity index (χ2v) is 8.22. The van der Waals surface area contributed by atoms with Crippen LogP contribution in [0, 0.1) is 0 Å². The van der Waals surface area contributed by atoms with Gasteiger partial charge in [0.25, 0.3) is 0 Å². The molecule has 3 aromatic rings. The van der Waals surface area contributed by atoms with Crippen LogP contribution in [0.3, 0.4) is 0 Å². The van der Waals surface area contributed by atoms with E-state index in [9.17, 15) is 9.59 Å². The first-order valence-electron chi connectivity index (χ1n) is 10.8. The highest BCUT2D eigenvalue weighted by Crippen LogP contribution is 2.39. The van der Waals surface area contributed by atoms with E-state index in [4.69, 9.17) is 0 Å². The van der Waals surface area contributed by atoms with E-state index in [-0.39, 0.29) is 23.8 Å². The zero-order valence-electron chi connectivity index (χ0n) is 18.3. The molecule has 1 unspecified atom stereocenters. The van der Waals surface area contributed by atoms with Gasteiger partial charge >= 0.3 is 0 Å². The molecule has 7 heteroatoms. The van der Waals surface area contributed by atoms with Crippen LogP contribution in [-0.4, -0.2) is 27.0 Å². The van der Waals surface area contributed by atoms with E-state index in [1.807, 2.05) is 56.3 Å². The van der Waals surface area contributed by atoms with Gasteiger partial charge in [-0.1, -0.05) is 36.9 Å². The molecule has 1 aliphatic carbocycles. The van der Waals surface area contributed by atoms with Crippen molar-refractivity contribution in [2.24, 2.45) is 0 Å². The van der Waals surface area contributed by atoms with Gasteiger partial charge in [0.1, 0.15) is 0 Å². The Bertz CT molecular complexity index is 1110. The Morgan fingerprint density at radius 3 is 2.47 bits per heavy atom. The largest absolute Gasteiger partial charge is 0.344 e. The summed E-state index contributed by atoms with van der Waals surface area (Å²) in [6.45, 7) is 7.22. The van der Waals surface area contributed by atoms with Gasteiger partial charge in [0, 0.05) is 29.4 Å². The quantitative estimate of drug-likeness (QED) is 0.461. The Balaban J connectivity index is 1.38. The topological polar surface area (TPSA) is 99.8 Å². The molecule has 1 saturated carbocycles. The van der Waals surface area contributed by atoms with E-state index < -0.39 is 0 Å². The summed E-state index contributed by atoms with van der Waals surface area (Å²) in [4.78, 5) is 28.6. The summed E-state index contributed by atoms with van der Waals surface area (Å²) in [5.41, 5.74) is 4.76. The third-order valence-corrected chi connectivity index (χ3v) is 5.78. The number of carbonyl (C=O) groups excluding carboxylic acids is 2. The molecule has 2 aromatic heterocycles. The number of H-pyrrole nitrogens is 1. The Morgan fingerprint density at radius 2 is 1.84 bits per heavy atom. The number of nitrogens with zero attached hydrogens (tertiary/aromatic N) is 2. The average Bonchev–Trinajstić information content (AvgIpc) is 3.57. The van der Waals surface area contributed by atoms with Gasteiger partial charge in [-0.3, -0.25) is 19.7 Å². The zero-order chi connectivity index (χ0) is 22.7. The van der Waals surface area contributed by atoms with Gasteiger partial charge in [-0.05, 0) is 50.0 Å². The van der Waals surface area contributed by atoms with Crippen LogP contribution in [0.15, 0.2) is 61.3 Å². The van der Waals surface area contributed by atoms with Gasteiger partial charge in [-0.25, -0.2) is 0 Å². The van der Waals surface area contributed by atoms with Crippen LogP contribution < -0.4 is 10.6 Å². The van der Waals surface area contributed by atoms with Crippen LogP contribution in [0.4, 0.5) is 5.82 Å². The van der Waals surface area contributed by atoms with E-state index in [2.05, 4.69) is 32.4 Å². The molecule has 2 heterocycles. The molecule has 32 heavy (non-hydrogen) atoms. The number of nitrogens with one attached hydrogen (secondary N) is 3. The summed E-state index contributed by atoms with van der Waals surface area (Å²) in [7, 11) is 0. The Labute approximate surface area is 187 Å². The summed E-state index contributed by atoms with van der Waals surface area (Å²) in [6.07, 6.45) is 5.39. The smallest absolute Gasteiger partial charge is 0.243 e. The molecule has 1 fully saturated rings. The number of hydrogen-bond donors (Lipinski definition) is 3. The Kier molecular flexibility index (Phi) is 6.16. The SMILES string of the molecule is C=CC(=O)NC(C)c1ccc(-c2ccc([C@H](C)C(=O)Nc3cc(C4CC4)[nH]n3)cc2)cn1. The minimum Gasteiger partial charge on any atom is -0.344 e. The van der Waals surface area contributed by atoms with Gasteiger partial charge in [0.2, 0.25) is 11.8 Å². The lowest BCUT2D eigenvalue weighted by Gasteiger charge is -2.13. The molecule has 7 nitrogen and oxygen atoms in total. The second kappa shape index (κ2) is 9.18. The molecule has 0 aliphatic heterocycles. The lowest BCUT2D eigenvalue weighted by molar-refractivity contribution is -0.118. The summed E-state index contributed by atoms with van der Waals surface area (Å²) >= 11 is 0. The zero-order valence-corrected chi connectivity index (χ0v) is 18.3. The van der Waals surface area contributed by atoms with Gasteiger partial charge in [0.05, 0.1) is 17.7 Å². The second-order valence-electron chi connectivity index (χ2n) is 8.22. The molecule has 2 atom stereocenters. The third kappa shape index (κ3) is 4.94. The predicted molar refractivity (Wildman–Crippen MR) is 124 cm³/mol. The Hall–Kier alpha value is -3.74. The molecule has 164 valence electrons. The van der Waals surface area contributed by atoms with E-state index >= 15 is 0 Å². The van der Waals surface area contributed by atoms with Crippen LogP contribution >= 0.6 is 0 Å². The summed E-state index contributed by atoms with van der Waals surface area (Å²) in [6, 6.07) is 13.5. The van der Waals surface area contributed by atoms with Crippen molar-refractivity contribution in [3.63, 3.8) is 0 Å². The van der Waals surface area contributed by atoms with E-state index in [1.54, 1.807) is 6.20 Å². The van der Waals surface area contributed by atoms with Crippen LogP contribution in [-0.2, 0) is 9.59 Å². The van der Waals surface area contributed by atoms with Crippen molar-refractivity contribution >= 4 is 17.6 Å². The van der Waals surface area contributed by atoms with Crippen molar-refractivity contribution in [3.8, 4) is 11.1 Å². The maximum atomic E-state index is 12.7. The number of amides is 2. The number of rotatable bonds is 8. The molecule has 4 rings (SSSR count). The fourth-order valence-corrected chi connectivity index (χ4v) is 3.53. The molecule has 0 radical (unpaired) electrons. The average molecular weight is 430 g/mol. The maximum Gasteiger partial charge on any atom is 0.243 e. The number of aromatic amines is 1. The normalized spacial score (nSPS) is 14.9. The summed E-state index contributed by atoms with van der Waals surface area (Å²) in [5, 5.41) is 12.9. The van der Waals surface area contributed by atoms with Crippen molar-refractivity contribution in [2.75, 3.05) is 5.32 Å². The maximum absolute atomic E-state index is 12.7. The first-order valence-corrected chi connectivity index (χ1v) is 10.8. The number of hydrogen-bond acceptors (Lipinski definition) is 4. The van der Waals surface area contributed by atoms with Gasteiger partial charge < -0.3 is 10.6 Å². The van der Waals surface area contributed by atoms with Crippen LogP contribution in [0.25, 0.3) is 11.1 Å². The Morgan fingerprint density at radius 1 is 1.12 bits per heavy atom. The molecular weight excluding hydrogens is 402 g/mol. The number of benzene rings is 1. The van der Waals surface area contributed by atoms with Crippen LogP contribution in [0.1, 0.15) is 61.5 Å². The first kappa shape index (κ1) is 21.5. The highest BCUT2D eigenvalue weighted by atomic mass is 16.2. The molecule has 0 saturated heterocycles. The molecule has 2 amide bonds. The number of anilines is 1. The van der Waals surface area contributed by atoms with Crippen LogP contribution in [0.2, 0.25) is 0 Å². The number of aromatic nitrogens is 3. The lowest BCUT2D eigenvalue weighted by atomic mass is 9.97. The fraction of sp³-hybridized carbons (Fsp3) is 0.280. The monoisotopic (exact) mass is 429 g/mol. The van der Waals surface area contributed by atoms with Gasteiger partial charge in [0.15, 0.2) is 5.82 Å². The van der Waals surface area contributed by atoms with Crippen molar-refractivity contribution in [2.45, 2.75) is 44.6 Å². The van der Waals surface area contributed by atoms with E-state index in [0.29, 0.717) is 11.7 Å². The molecule has 0 spiro atoms. The molecule has 3 N–H and O–H groups in total. The predicted octanol–water partition coefficient (Wildman–Crippen LogP) is 4.45. The highest BCUT2D eigenvalue weighted by Gasteiger charge is 2.26. The van der Waals surface area contributed by atoms with Gasteiger partial charge in [-0.2, -0.15) is 5.10 Å². The van der Waals surface area contributed by atoms with Crippen molar-refractivity contribution < 1.29 is 9.59 Å². The van der Waals surface area contributed by atoms with Crippen molar-refractivity contribution in [1.82, 2.24) is 20.5 Å². The molecule has 1 aromatic carbocycles. The molecule has 0 bridgehead atoms. The summed E-state index contributed by atoms with van der Waals surface area (Å²) < 4.78 is 0. The number of carbonyl (C=O) groups is 2. The van der Waals surface area contributed by atoms with Crippen molar-refractivity contribution in [3.05, 3.63) is 78.3 Å². The molecule has 1 aliphatic rings. The molecular formula is C25H27N5O2. The van der Waals surface area contributed by atoms with Gasteiger partial charge in [-0.15, -0.1) is 0 Å². The minimum absolute atomic E-state index is 0.0897. The lowest BCUT2D eigenvalue weighted by Crippen LogP contribution is -2.25. The summed E-state index contributed by atoms with van der Waals surface area (Å²) in [5.74, 6) is 0.515. The number of pyridine rings is 1. The van der Waals surface area contributed by atoms with Crippen molar-refractivity contribution in [1.29, 1.82) is 0 Å². The van der Waals surface area contributed by atoms with Crippen LogP contribution in [0.5, 0.6) is 0 Å². The van der Waals surface area contributed by atoms with E-state index in [1.165, 1.54) is 18.9 Å². The van der Waals surface area contributed by atoms with E-state index in [0.717, 1.165) is 28.1 Å².